The summed E-state index contributed by atoms with van der Waals surface area (Å²) < 4.78 is 0. The molecule has 0 saturated carbocycles. The van der Waals surface area contributed by atoms with Crippen molar-refractivity contribution in [2.24, 2.45) is 0 Å². The van der Waals surface area contributed by atoms with E-state index in [9.17, 15) is 4.79 Å². The Balaban J connectivity index is 3.24. The Hall–Kier alpha value is -1.05. The van der Waals surface area contributed by atoms with Crippen molar-refractivity contribution in [2.45, 2.75) is 39.5 Å². The summed E-state index contributed by atoms with van der Waals surface area (Å²) in [5.41, 5.74) is 2.17. The van der Waals surface area contributed by atoms with E-state index in [2.05, 4.69) is 31.8 Å². The molecule has 72 valence electrons. The van der Waals surface area contributed by atoms with Crippen LogP contribution in [0.25, 0.3) is 0 Å². The molecule has 0 fully saturated rings. The molecule has 0 bridgehead atoms. The highest BCUT2D eigenvalue weighted by Gasteiger charge is 2.14. The standard InChI is InChI=1S/C11H17NO/c1-5-9-6-8(11(2,3)4)7-10(13)12-9/h6-7H,5H2,1-4H3,(H,12,13). The monoisotopic (exact) mass is 179 g/mol. The topological polar surface area (TPSA) is 32.9 Å². The summed E-state index contributed by atoms with van der Waals surface area (Å²) in [7, 11) is 0. The van der Waals surface area contributed by atoms with Gasteiger partial charge < -0.3 is 4.98 Å². The van der Waals surface area contributed by atoms with Crippen molar-refractivity contribution in [3.63, 3.8) is 0 Å². The zero-order valence-electron chi connectivity index (χ0n) is 8.77. The number of nitrogens with one attached hydrogen (secondary N) is 1. The number of hydrogen-bond donors (Lipinski definition) is 1. The Bertz CT molecular complexity index is 344. The highest BCUT2D eigenvalue weighted by molar-refractivity contribution is 5.23. The molecule has 13 heavy (non-hydrogen) atoms. The second-order valence-corrected chi connectivity index (χ2v) is 4.36. The van der Waals surface area contributed by atoms with Crippen LogP contribution < -0.4 is 5.56 Å². The van der Waals surface area contributed by atoms with Crippen molar-refractivity contribution in [3.8, 4) is 0 Å². The van der Waals surface area contributed by atoms with Crippen LogP contribution in [0.4, 0.5) is 0 Å². The Morgan fingerprint density at radius 1 is 1.31 bits per heavy atom. The number of H-pyrrole nitrogens is 1. The number of rotatable bonds is 1. The predicted molar refractivity (Wildman–Crippen MR) is 55.1 cm³/mol. The minimum Gasteiger partial charge on any atom is -0.326 e. The van der Waals surface area contributed by atoms with Crippen LogP contribution in [0.2, 0.25) is 0 Å². The number of aryl methyl sites for hydroxylation is 1. The molecule has 0 atom stereocenters. The molecule has 0 aromatic carbocycles. The van der Waals surface area contributed by atoms with Gasteiger partial charge in [-0.1, -0.05) is 27.7 Å². The first-order valence-electron chi connectivity index (χ1n) is 4.67. The maximum absolute atomic E-state index is 11.3. The largest absolute Gasteiger partial charge is 0.326 e. The van der Waals surface area contributed by atoms with Gasteiger partial charge >= 0.3 is 0 Å². The second-order valence-electron chi connectivity index (χ2n) is 4.36. The van der Waals surface area contributed by atoms with Crippen LogP contribution in [0.15, 0.2) is 16.9 Å². The van der Waals surface area contributed by atoms with Gasteiger partial charge in [-0.3, -0.25) is 4.79 Å². The molecule has 0 radical (unpaired) electrons. The molecule has 1 rings (SSSR count). The zero-order valence-corrected chi connectivity index (χ0v) is 8.77. The van der Waals surface area contributed by atoms with Crippen LogP contribution in [-0.4, -0.2) is 4.98 Å². The van der Waals surface area contributed by atoms with E-state index in [1.165, 1.54) is 0 Å². The molecular formula is C11H17NO. The van der Waals surface area contributed by atoms with Gasteiger partial charge in [-0.05, 0) is 23.5 Å². The van der Waals surface area contributed by atoms with E-state index >= 15 is 0 Å². The summed E-state index contributed by atoms with van der Waals surface area (Å²) in [4.78, 5) is 14.1. The van der Waals surface area contributed by atoms with Gasteiger partial charge in [0.05, 0.1) is 0 Å². The first-order chi connectivity index (χ1) is 5.93. The average molecular weight is 179 g/mol. The minimum absolute atomic E-state index is 0.00396. The lowest BCUT2D eigenvalue weighted by atomic mass is 9.87. The van der Waals surface area contributed by atoms with Gasteiger partial charge in [-0.25, -0.2) is 0 Å². The fourth-order valence-electron chi connectivity index (χ4n) is 1.22. The summed E-state index contributed by atoms with van der Waals surface area (Å²) in [6.07, 6.45) is 0.874. The molecule has 2 nitrogen and oxygen atoms in total. The Morgan fingerprint density at radius 2 is 1.92 bits per heavy atom. The Morgan fingerprint density at radius 3 is 2.38 bits per heavy atom. The average Bonchev–Trinajstić information content (AvgIpc) is 2.01. The molecule has 0 spiro atoms. The quantitative estimate of drug-likeness (QED) is 0.704. The minimum atomic E-state index is 0.00396. The molecule has 1 aromatic rings. The van der Waals surface area contributed by atoms with E-state index in [-0.39, 0.29) is 11.0 Å². The highest BCUT2D eigenvalue weighted by Crippen LogP contribution is 2.20. The number of aromatic amines is 1. The normalized spacial score (nSPS) is 11.7. The van der Waals surface area contributed by atoms with E-state index in [0.717, 1.165) is 17.7 Å². The highest BCUT2D eigenvalue weighted by atomic mass is 16.1. The number of aromatic nitrogens is 1. The summed E-state index contributed by atoms with van der Waals surface area (Å²) in [6, 6.07) is 3.75. The van der Waals surface area contributed by atoms with Gasteiger partial charge in [-0.2, -0.15) is 0 Å². The summed E-state index contributed by atoms with van der Waals surface area (Å²) in [6.45, 7) is 8.38. The van der Waals surface area contributed by atoms with Crippen LogP contribution in [0.5, 0.6) is 0 Å². The molecule has 0 aliphatic rings. The van der Waals surface area contributed by atoms with Crippen LogP contribution in [-0.2, 0) is 11.8 Å². The predicted octanol–water partition coefficient (Wildman–Crippen LogP) is 2.23. The molecule has 0 unspecified atom stereocenters. The maximum Gasteiger partial charge on any atom is 0.248 e. The molecule has 0 aliphatic carbocycles. The number of hydrogen-bond acceptors (Lipinski definition) is 1. The first-order valence-corrected chi connectivity index (χ1v) is 4.67. The first kappa shape index (κ1) is 10.0. The fourth-order valence-corrected chi connectivity index (χ4v) is 1.22. The molecule has 1 heterocycles. The molecule has 0 amide bonds. The van der Waals surface area contributed by atoms with Gasteiger partial charge in [0, 0.05) is 11.8 Å². The van der Waals surface area contributed by atoms with Crippen LogP contribution >= 0.6 is 0 Å². The molecule has 0 saturated heterocycles. The van der Waals surface area contributed by atoms with E-state index in [0.29, 0.717) is 0 Å². The van der Waals surface area contributed by atoms with Crippen molar-refractivity contribution in [3.05, 3.63) is 33.7 Å². The maximum atomic E-state index is 11.3. The van der Waals surface area contributed by atoms with E-state index in [1.807, 2.05) is 6.92 Å². The summed E-state index contributed by atoms with van der Waals surface area (Å²) in [5, 5.41) is 0. The van der Waals surface area contributed by atoms with Crippen molar-refractivity contribution in [1.82, 2.24) is 4.98 Å². The van der Waals surface area contributed by atoms with Crippen molar-refractivity contribution in [1.29, 1.82) is 0 Å². The fraction of sp³-hybridized carbons (Fsp3) is 0.545. The molecule has 2 heteroatoms. The summed E-state index contributed by atoms with van der Waals surface area (Å²) >= 11 is 0. The van der Waals surface area contributed by atoms with Crippen LogP contribution in [0, 0.1) is 0 Å². The Kier molecular flexibility index (Phi) is 2.60. The molecule has 1 N–H and O–H groups in total. The van der Waals surface area contributed by atoms with Crippen LogP contribution in [0.3, 0.4) is 0 Å². The SMILES string of the molecule is CCc1cc(C(C)(C)C)cc(=O)[nH]1. The Labute approximate surface area is 79.0 Å². The zero-order chi connectivity index (χ0) is 10.1. The van der Waals surface area contributed by atoms with E-state index < -0.39 is 0 Å². The smallest absolute Gasteiger partial charge is 0.248 e. The molecular weight excluding hydrogens is 162 g/mol. The third-order valence-electron chi connectivity index (χ3n) is 2.15. The number of pyridine rings is 1. The molecule has 1 aromatic heterocycles. The van der Waals surface area contributed by atoms with Crippen molar-refractivity contribution < 1.29 is 0 Å². The van der Waals surface area contributed by atoms with E-state index in [4.69, 9.17) is 0 Å². The van der Waals surface area contributed by atoms with E-state index in [1.54, 1.807) is 6.07 Å². The molecule has 0 aliphatic heterocycles. The van der Waals surface area contributed by atoms with Gasteiger partial charge in [0.15, 0.2) is 0 Å². The van der Waals surface area contributed by atoms with Crippen molar-refractivity contribution in [2.75, 3.05) is 0 Å². The lowest BCUT2D eigenvalue weighted by molar-refractivity contribution is 0.587. The van der Waals surface area contributed by atoms with Crippen molar-refractivity contribution >= 4 is 0 Å². The van der Waals surface area contributed by atoms with Crippen LogP contribution in [0.1, 0.15) is 39.0 Å². The lowest BCUT2D eigenvalue weighted by Gasteiger charge is -2.19. The summed E-state index contributed by atoms with van der Waals surface area (Å²) in [5.74, 6) is 0. The van der Waals surface area contributed by atoms with Gasteiger partial charge in [0.25, 0.3) is 0 Å². The van der Waals surface area contributed by atoms with Gasteiger partial charge in [-0.15, -0.1) is 0 Å². The van der Waals surface area contributed by atoms with Gasteiger partial charge in [0.2, 0.25) is 5.56 Å². The van der Waals surface area contributed by atoms with Gasteiger partial charge in [0.1, 0.15) is 0 Å². The second kappa shape index (κ2) is 3.36. The third-order valence-corrected chi connectivity index (χ3v) is 2.15. The third kappa shape index (κ3) is 2.44. The lowest BCUT2D eigenvalue weighted by Crippen LogP contribution is -2.17.